The van der Waals surface area contributed by atoms with Gasteiger partial charge in [0.25, 0.3) is 0 Å². The van der Waals surface area contributed by atoms with Gasteiger partial charge in [-0.25, -0.2) is 0 Å². The van der Waals surface area contributed by atoms with Crippen molar-refractivity contribution in [1.82, 2.24) is 5.32 Å². The first-order valence-electron chi connectivity index (χ1n) is 10.5. The van der Waals surface area contributed by atoms with Crippen LogP contribution in [0.3, 0.4) is 0 Å². The van der Waals surface area contributed by atoms with Gasteiger partial charge in [-0.05, 0) is 62.4 Å². The Hall–Kier alpha value is -2.62. The van der Waals surface area contributed by atoms with Crippen molar-refractivity contribution in [2.45, 2.75) is 65.3 Å². The van der Waals surface area contributed by atoms with E-state index in [9.17, 15) is 9.59 Å². The molecule has 0 aliphatic heterocycles. The van der Waals surface area contributed by atoms with Gasteiger partial charge in [0.05, 0.1) is 11.5 Å². The molecule has 1 unspecified atom stereocenters. The predicted octanol–water partition coefficient (Wildman–Crippen LogP) is 5.20. The number of carbonyl (C=O) groups excluding carboxylic acids is 2. The van der Waals surface area contributed by atoms with Crippen molar-refractivity contribution in [1.29, 1.82) is 0 Å². The third kappa shape index (κ3) is 4.36. The summed E-state index contributed by atoms with van der Waals surface area (Å²) >= 11 is 0. The summed E-state index contributed by atoms with van der Waals surface area (Å²) in [6.07, 6.45) is 2.77. The molecular weight excluding hydrogens is 360 g/mol. The van der Waals surface area contributed by atoms with Crippen LogP contribution < -0.4 is 10.6 Å². The highest BCUT2D eigenvalue weighted by atomic mass is 16.2. The van der Waals surface area contributed by atoms with Crippen LogP contribution in [0.5, 0.6) is 0 Å². The van der Waals surface area contributed by atoms with E-state index in [-0.39, 0.29) is 23.8 Å². The van der Waals surface area contributed by atoms with Crippen LogP contribution in [0.2, 0.25) is 0 Å². The van der Waals surface area contributed by atoms with E-state index < -0.39 is 5.41 Å². The molecule has 0 saturated heterocycles. The van der Waals surface area contributed by atoms with Gasteiger partial charge >= 0.3 is 0 Å². The summed E-state index contributed by atoms with van der Waals surface area (Å²) in [6.45, 7) is 9.96. The second-order valence-electron chi connectivity index (χ2n) is 8.71. The first-order chi connectivity index (χ1) is 13.7. The molecular formula is C25H32N2O2. The molecule has 0 heterocycles. The molecule has 29 heavy (non-hydrogen) atoms. The molecule has 1 aliphatic carbocycles. The van der Waals surface area contributed by atoms with Crippen LogP contribution in [-0.2, 0) is 15.0 Å². The SMILES string of the molecule is Cc1ccc(C(C)NC(=O)C2(c3ccc(NC(=O)C(C)C)cc3)CCC2)c(C)c1. The number of hydrogen-bond acceptors (Lipinski definition) is 2. The Morgan fingerprint density at radius 1 is 0.966 bits per heavy atom. The van der Waals surface area contributed by atoms with Gasteiger partial charge < -0.3 is 10.6 Å². The zero-order valence-electron chi connectivity index (χ0n) is 18.1. The van der Waals surface area contributed by atoms with Gasteiger partial charge in [-0.1, -0.05) is 56.2 Å². The van der Waals surface area contributed by atoms with Crippen molar-refractivity contribution in [2.75, 3.05) is 5.32 Å². The van der Waals surface area contributed by atoms with E-state index in [1.54, 1.807) is 0 Å². The van der Waals surface area contributed by atoms with Crippen LogP contribution >= 0.6 is 0 Å². The van der Waals surface area contributed by atoms with Crippen molar-refractivity contribution in [3.05, 3.63) is 64.7 Å². The molecule has 2 amide bonds. The smallest absolute Gasteiger partial charge is 0.231 e. The maximum absolute atomic E-state index is 13.3. The minimum atomic E-state index is -0.465. The average Bonchev–Trinajstić information content (AvgIpc) is 2.61. The Morgan fingerprint density at radius 2 is 1.62 bits per heavy atom. The summed E-state index contributed by atoms with van der Waals surface area (Å²) in [4.78, 5) is 25.2. The fourth-order valence-electron chi connectivity index (χ4n) is 4.06. The van der Waals surface area contributed by atoms with Gasteiger partial charge in [0, 0.05) is 11.6 Å². The van der Waals surface area contributed by atoms with Crippen LogP contribution in [0.4, 0.5) is 5.69 Å². The summed E-state index contributed by atoms with van der Waals surface area (Å²) in [5, 5.41) is 6.16. The van der Waals surface area contributed by atoms with E-state index in [2.05, 4.69) is 42.7 Å². The minimum Gasteiger partial charge on any atom is -0.349 e. The summed E-state index contributed by atoms with van der Waals surface area (Å²) in [6, 6.07) is 14.1. The maximum atomic E-state index is 13.3. The molecule has 2 N–H and O–H groups in total. The molecule has 0 radical (unpaired) electrons. The van der Waals surface area contributed by atoms with E-state index in [1.165, 1.54) is 11.1 Å². The Labute approximate surface area is 174 Å². The Kier molecular flexibility index (Phi) is 6.11. The zero-order chi connectivity index (χ0) is 21.2. The molecule has 4 nitrogen and oxygen atoms in total. The van der Waals surface area contributed by atoms with Gasteiger partial charge in [-0.2, -0.15) is 0 Å². The lowest BCUT2D eigenvalue weighted by Crippen LogP contribution is -2.49. The number of nitrogens with one attached hydrogen (secondary N) is 2. The molecule has 0 bridgehead atoms. The number of benzene rings is 2. The van der Waals surface area contributed by atoms with Crippen molar-refractivity contribution in [3.63, 3.8) is 0 Å². The number of hydrogen-bond donors (Lipinski definition) is 2. The van der Waals surface area contributed by atoms with E-state index in [0.717, 1.165) is 36.1 Å². The molecule has 0 aromatic heterocycles. The predicted molar refractivity (Wildman–Crippen MR) is 118 cm³/mol. The van der Waals surface area contributed by atoms with Gasteiger partial charge in [0.1, 0.15) is 0 Å². The average molecular weight is 393 g/mol. The van der Waals surface area contributed by atoms with Crippen molar-refractivity contribution < 1.29 is 9.59 Å². The van der Waals surface area contributed by atoms with Crippen LogP contribution in [0, 0.1) is 19.8 Å². The fourth-order valence-corrected chi connectivity index (χ4v) is 4.06. The topological polar surface area (TPSA) is 58.2 Å². The number of carbonyl (C=O) groups is 2. The first kappa shape index (κ1) is 21.1. The summed E-state index contributed by atoms with van der Waals surface area (Å²) in [7, 11) is 0. The molecule has 2 aromatic rings. The highest BCUT2D eigenvalue weighted by Gasteiger charge is 2.45. The molecule has 1 atom stereocenters. The van der Waals surface area contributed by atoms with Crippen molar-refractivity contribution in [3.8, 4) is 0 Å². The molecule has 1 saturated carbocycles. The van der Waals surface area contributed by atoms with Crippen LogP contribution in [0.1, 0.15) is 68.3 Å². The molecule has 1 aliphatic rings. The van der Waals surface area contributed by atoms with E-state index in [4.69, 9.17) is 0 Å². The van der Waals surface area contributed by atoms with E-state index in [1.807, 2.05) is 45.0 Å². The molecule has 0 spiro atoms. The number of aryl methyl sites for hydroxylation is 2. The van der Waals surface area contributed by atoms with Gasteiger partial charge in [0.2, 0.25) is 11.8 Å². The third-order valence-corrected chi connectivity index (χ3v) is 6.11. The zero-order valence-corrected chi connectivity index (χ0v) is 18.1. The fraction of sp³-hybridized carbons (Fsp3) is 0.440. The highest BCUT2D eigenvalue weighted by Crippen LogP contribution is 2.44. The standard InChI is InChI=1S/C25H32N2O2/c1-16(2)23(28)27-21-10-8-20(9-11-21)25(13-6-14-25)24(29)26-19(5)22-12-7-17(3)15-18(22)4/h7-12,15-16,19H,6,13-14H2,1-5H3,(H,26,29)(H,27,28). The Morgan fingerprint density at radius 3 is 2.14 bits per heavy atom. The van der Waals surface area contributed by atoms with Crippen LogP contribution in [0.25, 0.3) is 0 Å². The largest absolute Gasteiger partial charge is 0.349 e. The van der Waals surface area contributed by atoms with Gasteiger partial charge in [-0.15, -0.1) is 0 Å². The number of anilines is 1. The van der Waals surface area contributed by atoms with Crippen molar-refractivity contribution in [2.24, 2.45) is 5.92 Å². The van der Waals surface area contributed by atoms with Crippen molar-refractivity contribution >= 4 is 17.5 Å². The second kappa shape index (κ2) is 8.40. The Balaban J connectivity index is 1.75. The molecule has 3 rings (SSSR count). The highest BCUT2D eigenvalue weighted by molar-refractivity contribution is 5.92. The second-order valence-corrected chi connectivity index (χ2v) is 8.71. The molecule has 154 valence electrons. The lowest BCUT2D eigenvalue weighted by Gasteiger charge is -2.41. The normalized spacial score (nSPS) is 16.1. The Bertz CT molecular complexity index is 896. The monoisotopic (exact) mass is 392 g/mol. The lowest BCUT2D eigenvalue weighted by atomic mass is 9.63. The quantitative estimate of drug-likeness (QED) is 0.710. The molecule has 1 fully saturated rings. The molecule has 4 heteroatoms. The lowest BCUT2D eigenvalue weighted by molar-refractivity contribution is -0.130. The maximum Gasteiger partial charge on any atom is 0.231 e. The van der Waals surface area contributed by atoms with Crippen LogP contribution in [0.15, 0.2) is 42.5 Å². The van der Waals surface area contributed by atoms with Gasteiger partial charge in [0.15, 0.2) is 0 Å². The first-order valence-corrected chi connectivity index (χ1v) is 10.5. The van der Waals surface area contributed by atoms with E-state index >= 15 is 0 Å². The summed E-state index contributed by atoms with van der Waals surface area (Å²) in [5.41, 5.74) is 4.91. The third-order valence-electron chi connectivity index (χ3n) is 6.11. The minimum absolute atomic E-state index is 0.00357. The van der Waals surface area contributed by atoms with Crippen LogP contribution in [-0.4, -0.2) is 11.8 Å². The van der Waals surface area contributed by atoms with Gasteiger partial charge in [-0.3, -0.25) is 9.59 Å². The summed E-state index contributed by atoms with van der Waals surface area (Å²) < 4.78 is 0. The summed E-state index contributed by atoms with van der Waals surface area (Å²) in [5.74, 6) is 0.0245. The number of rotatable bonds is 6. The van der Waals surface area contributed by atoms with E-state index in [0.29, 0.717) is 0 Å². The molecule has 2 aromatic carbocycles. The number of amides is 2.